The molecular weight excluding hydrogens is 298 g/mol. The van der Waals surface area contributed by atoms with Gasteiger partial charge in [0.15, 0.2) is 0 Å². The van der Waals surface area contributed by atoms with Crippen molar-refractivity contribution in [1.29, 1.82) is 0 Å². The van der Waals surface area contributed by atoms with E-state index in [2.05, 4.69) is 21.2 Å². The Balaban J connectivity index is 1.87. The van der Waals surface area contributed by atoms with Crippen molar-refractivity contribution in [1.82, 2.24) is 5.32 Å². The van der Waals surface area contributed by atoms with Crippen LogP contribution in [0.1, 0.15) is 29.6 Å². The van der Waals surface area contributed by atoms with Crippen molar-refractivity contribution in [2.75, 3.05) is 12.3 Å². The maximum absolute atomic E-state index is 12.0. The number of rotatable bonds is 3. The SMILES string of the molecule is O=C(NCC1CCCCS1)c1ccccc1Br. The molecule has 1 aromatic carbocycles. The molecule has 4 heteroatoms. The van der Waals surface area contributed by atoms with Gasteiger partial charge >= 0.3 is 0 Å². The maximum Gasteiger partial charge on any atom is 0.252 e. The van der Waals surface area contributed by atoms with Gasteiger partial charge < -0.3 is 5.32 Å². The highest BCUT2D eigenvalue weighted by Crippen LogP contribution is 2.24. The van der Waals surface area contributed by atoms with E-state index in [4.69, 9.17) is 0 Å². The fourth-order valence-electron chi connectivity index (χ4n) is 1.92. The van der Waals surface area contributed by atoms with Gasteiger partial charge in [-0.25, -0.2) is 0 Å². The lowest BCUT2D eigenvalue weighted by atomic mass is 10.1. The van der Waals surface area contributed by atoms with E-state index >= 15 is 0 Å². The Bertz CT molecular complexity index is 391. The van der Waals surface area contributed by atoms with Crippen molar-refractivity contribution < 1.29 is 4.79 Å². The zero-order valence-corrected chi connectivity index (χ0v) is 12.0. The molecule has 0 bridgehead atoms. The Hall–Kier alpha value is -0.480. The van der Waals surface area contributed by atoms with Gasteiger partial charge in [0.2, 0.25) is 0 Å². The first-order valence-electron chi connectivity index (χ1n) is 5.91. The van der Waals surface area contributed by atoms with Gasteiger partial charge in [0, 0.05) is 16.3 Å². The van der Waals surface area contributed by atoms with Gasteiger partial charge in [0.1, 0.15) is 0 Å². The highest BCUT2D eigenvalue weighted by atomic mass is 79.9. The van der Waals surface area contributed by atoms with Crippen LogP contribution >= 0.6 is 27.7 Å². The number of nitrogens with one attached hydrogen (secondary N) is 1. The number of hydrogen-bond acceptors (Lipinski definition) is 2. The number of halogens is 1. The van der Waals surface area contributed by atoms with E-state index in [1.165, 1.54) is 25.0 Å². The molecule has 0 radical (unpaired) electrons. The normalized spacial score (nSPS) is 19.9. The first-order chi connectivity index (χ1) is 8.27. The molecule has 1 saturated heterocycles. The highest BCUT2D eigenvalue weighted by molar-refractivity contribution is 9.10. The summed E-state index contributed by atoms with van der Waals surface area (Å²) in [6, 6.07) is 7.53. The molecule has 1 N–H and O–H groups in total. The standard InChI is InChI=1S/C13H16BrNOS/c14-12-7-2-1-6-11(12)13(16)15-9-10-5-3-4-8-17-10/h1-2,6-7,10H,3-5,8-9H2,(H,15,16). The van der Waals surface area contributed by atoms with Crippen molar-refractivity contribution >= 4 is 33.6 Å². The third kappa shape index (κ3) is 3.75. The molecule has 1 atom stereocenters. The molecule has 0 aliphatic carbocycles. The molecule has 2 rings (SSSR count). The van der Waals surface area contributed by atoms with Gasteiger partial charge in [-0.1, -0.05) is 18.6 Å². The van der Waals surface area contributed by atoms with Gasteiger partial charge in [-0.05, 0) is 46.7 Å². The summed E-state index contributed by atoms with van der Waals surface area (Å²) in [6.07, 6.45) is 3.84. The molecule has 0 saturated carbocycles. The van der Waals surface area contributed by atoms with Crippen molar-refractivity contribution in [3.63, 3.8) is 0 Å². The van der Waals surface area contributed by atoms with Crippen LogP contribution in [-0.4, -0.2) is 23.5 Å². The Morgan fingerprint density at radius 1 is 1.41 bits per heavy atom. The molecular formula is C13H16BrNOS. The lowest BCUT2D eigenvalue weighted by Gasteiger charge is -2.21. The second-order valence-corrected chi connectivity index (χ2v) is 6.44. The van der Waals surface area contributed by atoms with Crippen molar-refractivity contribution in [3.05, 3.63) is 34.3 Å². The van der Waals surface area contributed by atoms with Crippen LogP contribution in [0.3, 0.4) is 0 Å². The lowest BCUT2D eigenvalue weighted by molar-refractivity contribution is 0.0952. The minimum atomic E-state index is 0.0173. The quantitative estimate of drug-likeness (QED) is 0.926. The largest absolute Gasteiger partial charge is 0.351 e. The van der Waals surface area contributed by atoms with Crippen LogP contribution in [0.25, 0.3) is 0 Å². The molecule has 2 nitrogen and oxygen atoms in total. The van der Waals surface area contributed by atoms with Gasteiger partial charge in [-0.3, -0.25) is 4.79 Å². The monoisotopic (exact) mass is 313 g/mol. The second kappa shape index (κ2) is 6.45. The predicted octanol–water partition coefficient (Wildman–Crippen LogP) is 3.46. The molecule has 1 aliphatic heterocycles. The maximum atomic E-state index is 12.0. The minimum Gasteiger partial charge on any atom is -0.351 e. The summed E-state index contributed by atoms with van der Waals surface area (Å²) < 4.78 is 0.855. The summed E-state index contributed by atoms with van der Waals surface area (Å²) >= 11 is 5.37. The van der Waals surface area contributed by atoms with Crippen LogP contribution in [0.15, 0.2) is 28.7 Å². The van der Waals surface area contributed by atoms with Crippen LogP contribution in [-0.2, 0) is 0 Å². The van der Waals surface area contributed by atoms with Gasteiger partial charge in [-0.15, -0.1) is 0 Å². The van der Waals surface area contributed by atoms with E-state index in [1.54, 1.807) is 0 Å². The number of thioether (sulfide) groups is 1. The Morgan fingerprint density at radius 2 is 2.24 bits per heavy atom. The van der Waals surface area contributed by atoms with Gasteiger partial charge in [-0.2, -0.15) is 11.8 Å². The number of hydrogen-bond donors (Lipinski definition) is 1. The number of benzene rings is 1. The molecule has 1 aromatic rings. The Morgan fingerprint density at radius 3 is 2.94 bits per heavy atom. The van der Waals surface area contributed by atoms with Crippen LogP contribution in [0.4, 0.5) is 0 Å². The second-order valence-electron chi connectivity index (χ2n) is 4.18. The number of amides is 1. The van der Waals surface area contributed by atoms with E-state index in [9.17, 15) is 4.79 Å². The average molecular weight is 314 g/mol. The van der Waals surface area contributed by atoms with Crippen LogP contribution in [0.5, 0.6) is 0 Å². The molecule has 0 spiro atoms. The summed E-state index contributed by atoms with van der Waals surface area (Å²) in [6.45, 7) is 0.783. The number of carbonyl (C=O) groups is 1. The van der Waals surface area contributed by atoms with E-state index < -0.39 is 0 Å². The first kappa shape index (κ1) is 13.0. The molecule has 1 aliphatic rings. The fourth-order valence-corrected chi connectivity index (χ4v) is 3.62. The van der Waals surface area contributed by atoms with Crippen LogP contribution in [0.2, 0.25) is 0 Å². The zero-order valence-electron chi connectivity index (χ0n) is 9.62. The Kier molecular flexibility index (Phi) is 4.92. The molecule has 1 amide bonds. The summed E-state index contributed by atoms with van der Waals surface area (Å²) in [7, 11) is 0. The summed E-state index contributed by atoms with van der Waals surface area (Å²) in [5.41, 5.74) is 0.716. The topological polar surface area (TPSA) is 29.1 Å². The molecule has 17 heavy (non-hydrogen) atoms. The van der Waals surface area contributed by atoms with Crippen molar-refractivity contribution in [2.24, 2.45) is 0 Å². The number of carbonyl (C=O) groups excluding carboxylic acids is 1. The highest BCUT2D eigenvalue weighted by Gasteiger charge is 2.16. The van der Waals surface area contributed by atoms with E-state index in [-0.39, 0.29) is 5.91 Å². The summed E-state index contributed by atoms with van der Waals surface area (Å²) in [5.74, 6) is 1.25. The van der Waals surface area contributed by atoms with E-state index in [0.717, 1.165) is 11.0 Å². The third-order valence-electron chi connectivity index (χ3n) is 2.88. The van der Waals surface area contributed by atoms with Crippen molar-refractivity contribution in [2.45, 2.75) is 24.5 Å². The van der Waals surface area contributed by atoms with E-state index in [1.807, 2.05) is 36.0 Å². The average Bonchev–Trinajstić information content (AvgIpc) is 2.38. The van der Waals surface area contributed by atoms with Crippen molar-refractivity contribution in [3.8, 4) is 0 Å². The van der Waals surface area contributed by atoms with Crippen LogP contribution in [0, 0.1) is 0 Å². The molecule has 1 fully saturated rings. The van der Waals surface area contributed by atoms with E-state index in [0.29, 0.717) is 10.8 Å². The fraction of sp³-hybridized carbons (Fsp3) is 0.462. The molecule has 92 valence electrons. The van der Waals surface area contributed by atoms with Gasteiger partial charge in [0.05, 0.1) is 5.56 Å². The molecule has 0 aromatic heterocycles. The molecule has 1 unspecified atom stereocenters. The van der Waals surface area contributed by atoms with Gasteiger partial charge in [0.25, 0.3) is 5.91 Å². The first-order valence-corrected chi connectivity index (χ1v) is 7.76. The predicted molar refractivity (Wildman–Crippen MR) is 76.6 cm³/mol. The summed E-state index contributed by atoms with van der Waals surface area (Å²) in [5, 5.41) is 3.61. The minimum absolute atomic E-state index is 0.0173. The summed E-state index contributed by atoms with van der Waals surface area (Å²) in [4.78, 5) is 12.0. The Labute approximate surface area is 115 Å². The zero-order chi connectivity index (χ0) is 12.1. The smallest absolute Gasteiger partial charge is 0.252 e. The lowest BCUT2D eigenvalue weighted by Crippen LogP contribution is -2.32. The third-order valence-corrected chi connectivity index (χ3v) is 4.97. The molecule has 1 heterocycles. The van der Waals surface area contributed by atoms with Crippen LogP contribution < -0.4 is 5.32 Å².